The van der Waals surface area contributed by atoms with E-state index < -0.39 is 0 Å². The lowest BCUT2D eigenvalue weighted by molar-refractivity contribution is -0.119. The maximum Gasteiger partial charge on any atom is 0.217 e. The Morgan fingerprint density at radius 2 is 2.23 bits per heavy atom. The zero-order valence-corrected chi connectivity index (χ0v) is 13.6. The highest BCUT2D eigenvalue weighted by molar-refractivity contribution is 5.75. The fourth-order valence-electron chi connectivity index (χ4n) is 2.92. The van der Waals surface area contributed by atoms with Crippen molar-refractivity contribution in [3.8, 4) is 5.75 Å². The Balaban J connectivity index is 2.03. The topological polar surface area (TPSA) is 62.7 Å². The molecule has 2 atom stereocenters. The van der Waals surface area contributed by atoms with Crippen molar-refractivity contribution in [2.75, 3.05) is 19.5 Å². The molecule has 0 heterocycles. The van der Waals surface area contributed by atoms with Crippen molar-refractivity contribution in [3.63, 3.8) is 0 Å². The number of benzene rings is 1. The number of amides is 1. The van der Waals surface area contributed by atoms with Crippen LogP contribution in [-0.2, 0) is 4.79 Å². The van der Waals surface area contributed by atoms with Crippen LogP contribution >= 0.6 is 0 Å². The van der Waals surface area contributed by atoms with Gasteiger partial charge in [-0.25, -0.2) is 0 Å². The van der Waals surface area contributed by atoms with Crippen molar-refractivity contribution in [1.29, 1.82) is 0 Å². The molecule has 2 rings (SSSR count). The first kappa shape index (κ1) is 16.3. The number of carbonyl (C=O) groups excluding carboxylic acids is 1. The summed E-state index contributed by atoms with van der Waals surface area (Å²) in [5.74, 6) is 1.28. The van der Waals surface area contributed by atoms with Crippen LogP contribution in [-0.4, -0.2) is 32.3 Å². The fraction of sp³-hybridized carbons (Fsp3) is 0.529. The summed E-state index contributed by atoms with van der Waals surface area (Å²) in [7, 11) is 3.53. The van der Waals surface area contributed by atoms with E-state index in [0.29, 0.717) is 5.92 Å². The van der Waals surface area contributed by atoms with E-state index in [0.717, 1.165) is 42.8 Å². The van der Waals surface area contributed by atoms with Crippen LogP contribution in [0.1, 0.15) is 32.6 Å². The molecule has 2 unspecified atom stereocenters. The second kappa shape index (κ2) is 7.82. The number of rotatable bonds is 5. The Morgan fingerprint density at radius 3 is 2.91 bits per heavy atom. The van der Waals surface area contributed by atoms with Gasteiger partial charge >= 0.3 is 0 Å². The summed E-state index contributed by atoms with van der Waals surface area (Å²) in [6, 6.07) is 6.08. The average Bonchev–Trinajstić information content (AvgIpc) is 2.52. The lowest BCUT2D eigenvalue weighted by Gasteiger charge is -2.27. The molecule has 1 aliphatic rings. The minimum Gasteiger partial charge on any atom is -0.497 e. The number of nitrogens with one attached hydrogen (secondary N) is 2. The minimum atomic E-state index is 0.0511. The molecule has 0 radical (unpaired) electrons. The van der Waals surface area contributed by atoms with Gasteiger partial charge < -0.3 is 15.4 Å². The molecule has 0 saturated heterocycles. The van der Waals surface area contributed by atoms with Gasteiger partial charge in [-0.3, -0.25) is 9.79 Å². The number of methoxy groups -OCH3 is 1. The highest BCUT2D eigenvalue weighted by Gasteiger charge is 2.21. The van der Waals surface area contributed by atoms with Crippen molar-refractivity contribution in [3.05, 3.63) is 18.2 Å². The molecular formula is C17H25N3O2. The Kier molecular flexibility index (Phi) is 5.81. The van der Waals surface area contributed by atoms with Gasteiger partial charge in [-0.1, -0.05) is 6.42 Å². The maximum atomic E-state index is 11.2. The number of anilines is 1. The van der Waals surface area contributed by atoms with E-state index in [9.17, 15) is 4.79 Å². The number of hydrogen-bond donors (Lipinski definition) is 2. The number of ether oxygens (including phenoxy) is 1. The summed E-state index contributed by atoms with van der Waals surface area (Å²) in [5.41, 5.74) is 1.86. The van der Waals surface area contributed by atoms with Gasteiger partial charge in [-0.05, 0) is 37.3 Å². The van der Waals surface area contributed by atoms with E-state index in [4.69, 9.17) is 4.74 Å². The van der Waals surface area contributed by atoms with Crippen molar-refractivity contribution < 1.29 is 9.53 Å². The molecule has 1 aromatic carbocycles. The van der Waals surface area contributed by atoms with E-state index in [1.807, 2.05) is 31.5 Å². The van der Waals surface area contributed by atoms with E-state index in [-0.39, 0.29) is 11.9 Å². The first-order valence-electron chi connectivity index (χ1n) is 7.79. The fourth-order valence-corrected chi connectivity index (χ4v) is 2.92. The molecule has 0 aromatic heterocycles. The van der Waals surface area contributed by atoms with Gasteiger partial charge in [0.15, 0.2) is 0 Å². The van der Waals surface area contributed by atoms with Gasteiger partial charge in [0.1, 0.15) is 5.75 Å². The number of nitrogens with zero attached hydrogens (tertiary/aromatic N) is 1. The second-order valence-corrected chi connectivity index (χ2v) is 5.74. The largest absolute Gasteiger partial charge is 0.497 e. The highest BCUT2D eigenvalue weighted by atomic mass is 16.5. The van der Waals surface area contributed by atoms with Gasteiger partial charge in [-0.15, -0.1) is 0 Å². The average molecular weight is 303 g/mol. The zero-order chi connectivity index (χ0) is 15.9. The molecule has 1 amide bonds. The standard InChI is InChI=1S/C17H25N3O2/c1-12(21)20-14-6-4-5-13(9-14)11-19-16-8-7-15(22-3)10-17(16)18-2/h7-8,10-11,13-14,18H,4-6,9H2,1-3H3,(H,20,21). The molecule has 0 aliphatic heterocycles. The SMILES string of the molecule is CNc1cc(OC)ccc1N=CC1CCCC(NC(C)=O)C1. The molecule has 120 valence electrons. The van der Waals surface area contributed by atoms with Crippen LogP contribution in [0, 0.1) is 5.92 Å². The van der Waals surface area contributed by atoms with Gasteiger partial charge in [0, 0.05) is 32.3 Å². The van der Waals surface area contributed by atoms with Crippen molar-refractivity contribution in [2.24, 2.45) is 10.9 Å². The molecule has 1 aromatic rings. The molecule has 2 N–H and O–H groups in total. The maximum absolute atomic E-state index is 11.2. The summed E-state index contributed by atoms with van der Waals surface area (Å²) in [5, 5.41) is 6.16. The molecule has 1 fully saturated rings. The van der Waals surface area contributed by atoms with Crippen LogP contribution in [0.5, 0.6) is 5.75 Å². The summed E-state index contributed by atoms with van der Waals surface area (Å²) < 4.78 is 5.23. The van der Waals surface area contributed by atoms with E-state index in [1.165, 1.54) is 0 Å². The van der Waals surface area contributed by atoms with Gasteiger partial charge in [0.05, 0.1) is 18.5 Å². The van der Waals surface area contributed by atoms with Crippen LogP contribution in [0.25, 0.3) is 0 Å². The van der Waals surface area contributed by atoms with Crippen LogP contribution in [0.2, 0.25) is 0 Å². The smallest absolute Gasteiger partial charge is 0.217 e. The van der Waals surface area contributed by atoms with Gasteiger partial charge in [-0.2, -0.15) is 0 Å². The highest BCUT2D eigenvalue weighted by Crippen LogP contribution is 2.30. The third-order valence-corrected chi connectivity index (χ3v) is 4.02. The lowest BCUT2D eigenvalue weighted by atomic mass is 9.86. The molecule has 5 heteroatoms. The Bertz CT molecular complexity index is 543. The Labute approximate surface area is 132 Å². The molecular weight excluding hydrogens is 278 g/mol. The van der Waals surface area contributed by atoms with Crippen LogP contribution in [0.4, 0.5) is 11.4 Å². The Morgan fingerprint density at radius 1 is 1.41 bits per heavy atom. The summed E-state index contributed by atoms with van der Waals surface area (Å²) in [6.45, 7) is 1.58. The van der Waals surface area contributed by atoms with Crippen LogP contribution in [0.15, 0.2) is 23.2 Å². The molecule has 0 spiro atoms. The van der Waals surface area contributed by atoms with E-state index in [2.05, 4.69) is 15.6 Å². The molecule has 1 saturated carbocycles. The van der Waals surface area contributed by atoms with Gasteiger partial charge in [0.2, 0.25) is 5.91 Å². The van der Waals surface area contributed by atoms with Crippen molar-refractivity contribution in [1.82, 2.24) is 5.32 Å². The second-order valence-electron chi connectivity index (χ2n) is 5.74. The predicted octanol–water partition coefficient (Wildman–Crippen LogP) is 3.13. The normalized spacial score (nSPS) is 21.6. The van der Waals surface area contributed by atoms with Crippen molar-refractivity contribution in [2.45, 2.75) is 38.6 Å². The van der Waals surface area contributed by atoms with Crippen LogP contribution < -0.4 is 15.4 Å². The Hall–Kier alpha value is -2.04. The summed E-state index contributed by atoms with van der Waals surface area (Å²) in [6.07, 6.45) is 6.31. The molecule has 22 heavy (non-hydrogen) atoms. The predicted molar refractivity (Wildman–Crippen MR) is 90.3 cm³/mol. The van der Waals surface area contributed by atoms with Gasteiger partial charge in [0.25, 0.3) is 0 Å². The number of carbonyl (C=O) groups is 1. The van der Waals surface area contributed by atoms with E-state index >= 15 is 0 Å². The van der Waals surface area contributed by atoms with E-state index in [1.54, 1.807) is 14.0 Å². The molecule has 0 bridgehead atoms. The first-order chi connectivity index (χ1) is 10.6. The minimum absolute atomic E-state index is 0.0511. The summed E-state index contributed by atoms with van der Waals surface area (Å²) >= 11 is 0. The molecule has 1 aliphatic carbocycles. The third-order valence-electron chi connectivity index (χ3n) is 4.02. The summed E-state index contributed by atoms with van der Waals surface area (Å²) in [4.78, 5) is 15.8. The third kappa shape index (κ3) is 4.48. The lowest BCUT2D eigenvalue weighted by Crippen LogP contribution is -2.37. The number of aliphatic imine (C=N–C) groups is 1. The monoisotopic (exact) mass is 303 g/mol. The number of hydrogen-bond acceptors (Lipinski definition) is 4. The quantitative estimate of drug-likeness (QED) is 0.821. The molecule has 5 nitrogen and oxygen atoms in total. The van der Waals surface area contributed by atoms with Crippen molar-refractivity contribution >= 4 is 23.5 Å². The van der Waals surface area contributed by atoms with Crippen LogP contribution in [0.3, 0.4) is 0 Å². The first-order valence-corrected chi connectivity index (χ1v) is 7.79. The zero-order valence-electron chi connectivity index (χ0n) is 13.6.